The van der Waals surface area contributed by atoms with Crippen molar-refractivity contribution in [3.05, 3.63) is 29.3 Å². The third-order valence-corrected chi connectivity index (χ3v) is 4.85. The van der Waals surface area contributed by atoms with Crippen LogP contribution in [-0.2, 0) is 16.0 Å². The molecule has 1 aliphatic heterocycles. The number of carbonyl (C=O) groups excluding carboxylic acids is 3. The highest BCUT2D eigenvalue weighted by atomic mass is 16.3. The Bertz CT molecular complexity index is 624. The molecule has 25 heavy (non-hydrogen) atoms. The van der Waals surface area contributed by atoms with Gasteiger partial charge < -0.3 is 10.4 Å². The van der Waals surface area contributed by atoms with Crippen LogP contribution in [0.5, 0.6) is 5.75 Å². The van der Waals surface area contributed by atoms with E-state index >= 15 is 0 Å². The van der Waals surface area contributed by atoms with Gasteiger partial charge in [-0.2, -0.15) is 0 Å². The van der Waals surface area contributed by atoms with Crippen molar-refractivity contribution >= 4 is 18.1 Å². The number of piperidine rings is 1. The minimum Gasteiger partial charge on any atom is -0.507 e. The molecule has 6 heteroatoms. The van der Waals surface area contributed by atoms with Crippen LogP contribution in [-0.4, -0.2) is 36.3 Å². The second kappa shape index (κ2) is 9.32. The molecule has 0 spiro atoms. The standard InChI is InChI=1S/C13H16O2.C6H10N2O2/c14-9-12-7-3-6-11(13(12)15)8-10-4-1-2-5-10;1-7-4-2-3-5(9)8-6(4)10/h3,6-7,9-10,15H,1-2,4-5,8H2;4,7H,2-3H2,1H3,(H,8,9,10). The molecule has 1 aromatic carbocycles. The summed E-state index contributed by atoms with van der Waals surface area (Å²) in [5, 5.41) is 14.9. The Hall–Kier alpha value is -2.21. The molecular formula is C19H26N2O4. The number of nitrogens with one attached hydrogen (secondary N) is 2. The number of imide groups is 1. The van der Waals surface area contributed by atoms with Crippen molar-refractivity contribution in [1.29, 1.82) is 0 Å². The van der Waals surface area contributed by atoms with E-state index in [-0.39, 0.29) is 23.6 Å². The Morgan fingerprint density at radius 1 is 1.24 bits per heavy atom. The van der Waals surface area contributed by atoms with Gasteiger partial charge in [-0.25, -0.2) is 0 Å². The van der Waals surface area contributed by atoms with Gasteiger partial charge in [0.2, 0.25) is 11.8 Å². The molecule has 1 aliphatic carbocycles. The van der Waals surface area contributed by atoms with E-state index < -0.39 is 0 Å². The number of benzene rings is 1. The van der Waals surface area contributed by atoms with E-state index in [1.807, 2.05) is 12.1 Å². The van der Waals surface area contributed by atoms with Crippen LogP contribution in [0.2, 0.25) is 0 Å². The summed E-state index contributed by atoms with van der Waals surface area (Å²) in [6.07, 6.45) is 7.80. The third kappa shape index (κ3) is 5.39. The molecule has 2 aliphatic rings. The van der Waals surface area contributed by atoms with E-state index in [1.54, 1.807) is 13.1 Å². The summed E-state index contributed by atoms with van der Waals surface area (Å²) in [5.41, 5.74) is 1.33. The Kier molecular flexibility index (Phi) is 7.13. The number of phenols is 1. The lowest BCUT2D eigenvalue weighted by Crippen LogP contribution is -2.49. The van der Waals surface area contributed by atoms with Crippen LogP contribution in [0, 0.1) is 5.92 Å². The summed E-state index contributed by atoms with van der Waals surface area (Å²) in [6.45, 7) is 0. The first kappa shape index (κ1) is 19.1. The third-order valence-electron chi connectivity index (χ3n) is 4.85. The number of para-hydroxylation sites is 1. The first-order valence-corrected chi connectivity index (χ1v) is 8.82. The van der Waals surface area contributed by atoms with Gasteiger partial charge in [-0.15, -0.1) is 0 Å². The van der Waals surface area contributed by atoms with Gasteiger partial charge in [0, 0.05) is 6.42 Å². The van der Waals surface area contributed by atoms with E-state index in [9.17, 15) is 19.5 Å². The fourth-order valence-electron chi connectivity index (χ4n) is 3.37. The minimum absolute atomic E-state index is 0.170. The van der Waals surface area contributed by atoms with Crippen molar-refractivity contribution in [1.82, 2.24) is 10.6 Å². The van der Waals surface area contributed by atoms with Gasteiger partial charge in [-0.05, 0) is 37.4 Å². The Labute approximate surface area is 148 Å². The fourth-order valence-corrected chi connectivity index (χ4v) is 3.37. The number of aromatic hydroxyl groups is 1. The largest absolute Gasteiger partial charge is 0.507 e. The van der Waals surface area contributed by atoms with Gasteiger partial charge in [0.25, 0.3) is 0 Å². The van der Waals surface area contributed by atoms with Gasteiger partial charge >= 0.3 is 0 Å². The molecule has 1 saturated heterocycles. The number of hydrogen-bond acceptors (Lipinski definition) is 5. The molecule has 136 valence electrons. The molecule has 6 nitrogen and oxygen atoms in total. The molecule has 1 aromatic rings. The Balaban J connectivity index is 0.000000196. The van der Waals surface area contributed by atoms with Crippen LogP contribution in [0.3, 0.4) is 0 Å². The molecule has 2 fully saturated rings. The first-order valence-electron chi connectivity index (χ1n) is 8.82. The molecular weight excluding hydrogens is 320 g/mol. The zero-order valence-electron chi connectivity index (χ0n) is 14.6. The van der Waals surface area contributed by atoms with E-state index in [4.69, 9.17) is 0 Å². The smallest absolute Gasteiger partial charge is 0.243 e. The SMILES string of the molecule is CNC1CCC(=O)NC1=O.O=Cc1cccc(CC2CCCC2)c1O. The summed E-state index contributed by atoms with van der Waals surface area (Å²) >= 11 is 0. The lowest BCUT2D eigenvalue weighted by Gasteiger charge is -2.19. The van der Waals surface area contributed by atoms with Crippen molar-refractivity contribution in [3.63, 3.8) is 0 Å². The van der Waals surface area contributed by atoms with Crippen molar-refractivity contribution in [2.45, 2.75) is 51.0 Å². The van der Waals surface area contributed by atoms with Crippen molar-refractivity contribution in [2.24, 2.45) is 5.92 Å². The Morgan fingerprint density at radius 3 is 2.56 bits per heavy atom. The summed E-state index contributed by atoms with van der Waals surface area (Å²) in [5.74, 6) is 0.493. The van der Waals surface area contributed by atoms with E-state index in [0.717, 1.165) is 12.0 Å². The maximum Gasteiger partial charge on any atom is 0.243 e. The van der Waals surface area contributed by atoms with Gasteiger partial charge in [-0.3, -0.25) is 19.7 Å². The van der Waals surface area contributed by atoms with Crippen LogP contribution in [0.1, 0.15) is 54.4 Å². The van der Waals surface area contributed by atoms with E-state index in [2.05, 4.69) is 10.6 Å². The number of hydrogen-bond donors (Lipinski definition) is 3. The van der Waals surface area contributed by atoms with Gasteiger partial charge in [0.1, 0.15) is 5.75 Å². The zero-order chi connectivity index (χ0) is 18.2. The number of amides is 2. The predicted molar refractivity (Wildman–Crippen MR) is 94.4 cm³/mol. The summed E-state index contributed by atoms with van der Waals surface area (Å²) in [4.78, 5) is 32.1. The second-order valence-electron chi connectivity index (χ2n) is 6.62. The van der Waals surface area contributed by atoms with Gasteiger partial charge in [0.05, 0.1) is 11.6 Å². The number of rotatable bonds is 4. The molecule has 0 aromatic heterocycles. The Morgan fingerprint density at radius 2 is 1.96 bits per heavy atom. The molecule has 1 atom stereocenters. The highest BCUT2D eigenvalue weighted by molar-refractivity contribution is 6.00. The first-order chi connectivity index (χ1) is 12.0. The molecule has 1 unspecified atom stereocenters. The monoisotopic (exact) mass is 346 g/mol. The minimum atomic E-state index is -0.209. The van der Waals surface area contributed by atoms with Gasteiger partial charge in [-0.1, -0.05) is 37.8 Å². The highest BCUT2D eigenvalue weighted by Crippen LogP contribution is 2.31. The summed E-state index contributed by atoms with van der Waals surface area (Å²) in [6, 6.07) is 5.23. The number of phenolic OH excluding ortho intramolecular Hbond substituents is 1. The summed E-state index contributed by atoms with van der Waals surface area (Å²) in [7, 11) is 1.71. The summed E-state index contributed by atoms with van der Waals surface area (Å²) < 4.78 is 0. The number of carbonyl (C=O) groups is 3. The molecule has 1 heterocycles. The van der Waals surface area contributed by atoms with E-state index in [1.165, 1.54) is 25.7 Å². The van der Waals surface area contributed by atoms with Crippen LogP contribution in [0.25, 0.3) is 0 Å². The lowest BCUT2D eigenvalue weighted by molar-refractivity contribution is -0.134. The van der Waals surface area contributed by atoms with E-state index in [0.29, 0.717) is 30.6 Å². The van der Waals surface area contributed by atoms with Crippen LogP contribution >= 0.6 is 0 Å². The second-order valence-corrected chi connectivity index (χ2v) is 6.62. The molecule has 0 radical (unpaired) electrons. The quantitative estimate of drug-likeness (QED) is 0.572. The van der Waals surface area contributed by atoms with Crippen molar-refractivity contribution in [2.75, 3.05) is 7.05 Å². The molecule has 2 amide bonds. The maximum absolute atomic E-state index is 10.8. The van der Waals surface area contributed by atoms with Crippen LogP contribution in [0.4, 0.5) is 0 Å². The van der Waals surface area contributed by atoms with Crippen molar-refractivity contribution in [3.8, 4) is 5.75 Å². The van der Waals surface area contributed by atoms with Crippen LogP contribution in [0.15, 0.2) is 18.2 Å². The molecule has 3 rings (SSSR count). The number of likely N-dealkylation sites (N-methyl/N-ethyl adjacent to an activating group) is 1. The van der Waals surface area contributed by atoms with Crippen LogP contribution < -0.4 is 10.6 Å². The zero-order valence-corrected chi connectivity index (χ0v) is 14.6. The molecule has 0 bridgehead atoms. The number of aldehydes is 1. The fraction of sp³-hybridized carbons (Fsp3) is 0.526. The molecule has 1 saturated carbocycles. The van der Waals surface area contributed by atoms with Gasteiger partial charge in [0.15, 0.2) is 6.29 Å². The average molecular weight is 346 g/mol. The lowest BCUT2D eigenvalue weighted by atomic mass is 9.96. The predicted octanol–water partition coefficient (Wildman–Crippen LogP) is 1.95. The van der Waals surface area contributed by atoms with Crippen molar-refractivity contribution < 1.29 is 19.5 Å². The average Bonchev–Trinajstić information content (AvgIpc) is 3.11. The maximum atomic E-state index is 10.8. The highest BCUT2D eigenvalue weighted by Gasteiger charge is 2.24. The normalized spacial score (nSPS) is 20.6. The topological polar surface area (TPSA) is 95.5 Å². The molecule has 3 N–H and O–H groups in total.